The molecule has 0 saturated carbocycles. The molecule has 2 aromatic heterocycles. The zero-order valence-electron chi connectivity index (χ0n) is 16.9. The maximum Gasteiger partial charge on any atom is 0.242 e. The Kier molecular flexibility index (Phi) is 6.20. The molecule has 0 bridgehead atoms. The van der Waals surface area contributed by atoms with Crippen molar-refractivity contribution < 1.29 is 13.9 Å². The molecule has 160 valence electrons. The number of amides is 1. The first kappa shape index (κ1) is 21.3. The molecule has 0 radical (unpaired) electrons. The number of anilines is 2. The maximum absolute atomic E-state index is 13.4. The standard InChI is InChI=1S/C22H20ClFN4O2S/c1-3-19(29)26-18-11-14(6-4-12(18)2)30-21-20-17(8-9-31-20)27-22(28-21)25-13-5-7-16(24)15(23)10-13/h5-12H,3-4H2,1-2H3,(H,26,29)(H,25,27,28). The van der Waals surface area contributed by atoms with E-state index in [-0.39, 0.29) is 16.8 Å². The number of benzene rings is 1. The molecule has 1 atom stereocenters. The average molecular weight is 459 g/mol. The number of nitrogens with zero attached hydrogens (tertiary/aromatic N) is 2. The van der Waals surface area contributed by atoms with Gasteiger partial charge in [-0.3, -0.25) is 4.79 Å². The van der Waals surface area contributed by atoms with Crippen LogP contribution in [0.15, 0.2) is 53.3 Å². The number of rotatable bonds is 6. The summed E-state index contributed by atoms with van der Waals surface area (Å²) < 4.78 is 20.4. The van der Waals surface area contributed by atoms with Crippen LogP contribution in [0.5, 0.6) is 5.88 Å². The highest BCUT2D eigenvalue weighted by Gasteiger charge is 2.19. The largest absolute Gasteiger partial charge is 0.438 e. The van der Waals surface area contributed by atoms with Gasteiger partial charge < -0.3 is 15.4 Å². The molecule has 0 fully saturated rings. The van der Waals surface area contributed by atoms with Crippen LogP contribution in [0.1, 0.15) is 26.7 Å². The van der Waals surface area contributed by atoms with Gasteiger partial charge in [0.05, 0.1) is 10.5 Å². The summed E-state index contributed by atoms with van der Waals surface area (Å²) in [5.74, 6) is 0.961. The van der Waals surface area contributed by atoms with Crippen LogP contribution in [0.4, 0.5) is 16.0 Å². The van der Waals surface area contributed by atoms with E-state index >= 15 is 0 Å². The second-order valence-corrected chi connectivity index (χ2v) is 8.41. The molecule has 0 spiro atoms. The Morgan fingerprint density at radius 2 is 2.19 bits per heavy atom. The van der Waals surface area contributed by atoms with Crippen LogP contribution in [0, 0.1) is 11.7 Å². The van der Waals surface area contributed by atoms with E-state index in [1.165, 1.54) is 23.5 Å². The minimum atomic E-state index is -0.498. The lowest BCUT2D eigenvalue weighted by Gasteiger charge is -2.21. The second-order valence-electron chi connectivity index (χ2n) is 7.09. The normalized spacial score (nSPS) is 15.9. The fraction of sp³-hybridized carbons (Fsp3) is 0.227. The summed E-state index contributed by atoms with van der Waals surface area (Å²) in [7, 11) is 0. The zero-order valence-corrected chi connectivity index (χ0v) is 18.5. The molecule has 1 amide bonds. The van der Waals surface area contributed by atoms with Crippen molar-refractivity contribution in [2.45, 2.75) is 26.7 Å². The summed E-state index contributed by atoms with van der Waals surface area (Å²) in [4.78, 5) is 20.8. The van der Waals surface area contributed by atoms with Crippen molar-refractivity contribution in [2.75, 3.05) is 5.32 Å². The Morgan fingerprint density at radius 3 is 2.97 bits per heavy atom. The second kappa shape index (κ2) is 9.03. The lowest BCUT2D eigenvalue weighted by Crippen LogP contribution is -2.27. The van der Waals surface area contributed by atoms with Crippen molar-refractivity contribution in [3.63, 3.8) is 0 Å². The van der Waals surface area contributed by atoms with Gasteiger partial charge in [-0.1, -0.05) is 25.4 Å². The van der Waals surface area contributed by atoms with E-state index in [2.05, 4.69) is 20.6 Å². The van der Waals surface area contributed by atoms with E-state index in [1.807, 2.05) is 37.4 Å². The first-order valence-corrected chi connectivity index (χ1v) is 11.1. The molecule has 2 heterocycles. The van der Waals surface area contributed by atoms with Crippen LogP contribution in [0.25, 0.3) is 10.2 Å². The predicted octanol–water partition coefficient (Wildman–Crippen LogP) is 5.94. The van der Waals surface area contributed by atoms with Gasteiger partial charge in [0.25, 0.3) is 0 Å². The smallest absolute Gasteiger partial charge is 0.242 e. The number of hydrogen-bond donors (Lipinski definition) is 2. The first-order chi connectivity index (χ1) is 14.9. The van der Waals surface area contributed by atoms with Gasteiger partial charge in [-0.2, -0.15) is 4.98 Å². The Morgan fingerprint density at radius 1 is 1.35 bits per heavy atom. The Balaban J connectivity index is 1.62. The van der Waals surface area contributed by atoms with Crippen molar-refractivity contribution >= 4 is 50.7 Å². The van der Waals surface area contributed by atoms with Gasteiger partial charge in [-0.05, 0) is 48.1 Å². The number of halogens is 2. The van der Waals surface area contributed by atoms with Gasteiger partial charge >= 0.3 is 0 Å². The van der Waals surface area contributed by atoms with Crippen LogP contribution in [0.3, 0.4) is 0 Å². The molecule has 1 aliphatic rings. The predicted molar refractivity (Wildman–Crippen MR) is 121 cm³/mol. The molecule has 0 saturated heterocycles. The zero-order chi connectivity index (χ0) is 22.0. The number of carbonyl (C=O) groups is 1. The number of fused-ring (bicyclic) bond motifs is 1. The molecule has 9 heteroatoms. The number of nitrogens with one attached hydrogen (secondary N) is 2. The van der Waals surface area contributed by atoms with E-state index < -0.39 is 5.82 Å². The van der Waals surface area contributed by atoms with Gasteiger partial charge in [0, 0.05) is 23.9 Å². The Hall–Kier alpha value is -2.97. The third-order valence-electron chi connectivity index (χ3n) is 4.77. The van der Waals surface area contributed by atoms with Gasteiger partial charge in [0.2, 0.25) is 17.7 Å². The molecular formula is C22H20ClFN4O2S. The van der Waals surface area contributed by atoms with Crippen LogP contribution >= 0.6 is 22.9 Å². The molecule has 3 aromatic rings. The van der Waals surface area contributed by atoms with Crippen molar-refractivity contribution in [3.8, 4) is 5.88 Å². The maximum atomic E-state index is 13.4. The number of allylic oxidation sites excluding steroid dienone is 3. The molecule has 1 unspecified atom stereocenters. The van der Waals surface area contributed by atoms with E-state index in [0.717, 1.165) is 22.3 Å². The van der Waals surface area contributed by atoms with Crippen LogP contribution in [-0.2, 0) is 4.79 Å². The summed E-state index contributed by atoms with van der Waals surface area (Å²) in [6.45, 7) is 3.86. The van der Waals surface area contributed by atoms with Crippen molar-refractivity contribution in [3.05, 3.63) is 64.1 Å². The fourth-order valence-electron chi connectivity index (χ4n) is 3.03. The number of carbonyl (C=O) groups excluding carboxylic acids is 1. The van der Waals surface area contributed by atoms with E-state index in [9.17, 15) is 9.18 Å². The third-order valence-corrected chi connectivity index (χ3v) is 5.95. The highest BCUT2D eigenvalue weighted by Crippen LogP contribution is 2.33. The van der Waals surface area contributed by atoms with Crippen LogP contribution in [-0.4, -0.2) is 15.9 Å². The third kappa shape index (κ3) is 4.86. The monoisotopic (exact) mass is 458 g/mol. The summed E-state index contributed by atoms with van der Waals surface area (Å²) in [5.41, 5.74) is 2.10. The lowest BCUT2D eigenvalue weighted by molar-refractivity contribution is -0.120. The summed E-state index contributed by atoms with van der Waals surface area (Å²) in [5, 5.41) is 7.89. The topological polar surface area (TPSA) is 76.1 Å². The molecule has 6 nitrogen and oxygen atoms in total. The minimum absolute atomic E-state index is 0.00589. The summed E-state index contributed by atoms with van der Waals surface area (Å²) in [6, 6.07) is 6.17. The lowest BCUT2D eigenvalue weighted by atomic mass is 9.98. The minimum Gasteiger partial charge on any atom is -0.438 e. The SMILES string of the molecule is CCC(=O)NC1=CC(Oc2nc(Nc3ccc(F)c(Cl)c3)nc3ccsc23)=CCC1C. The Labute approximate surface area is 187 Å². The van der Waals surface area contributed by atoms with Crippen molar-refractivity contribution in [2.24, 2.45) is 5.92 Å². The van der Waals surface area contributed by atoms with Crippen molar-refractivity contribution in [1.29, 1.82) is 0 Å². The van der Waals surface area contributed by atoms with Gasteiger partial charge in [0.1, 0.15) is 16.3 Å². The highest BCUT2D eigenvalue weighted by atomic mass is 35.5. The highest BCUT2D eigenvalue weighted by molar-refractivity contribution is 7.17. The van der Waals surface area contributed by atoms with E-state index in [4.69, 9.17) is 16.3 Å². The molecule has 4 rings (SSSR count). The number of aromatic nitrogens is 2. The van der Waals surface area contributed by atoms with Crippen LogP contribution in [0.2, 0.25) is 5.02 Å². The number of thiophene rings is 1. The van der Waals surface area contributed by atoms with Crippen molar-refractivity contribution in [1.82, 2.24) is 15.3 Å². The summed E-state index contributed by atoms with van der Waals surface area (Å²) in [6.07, 6.45) is 4.95. The quantitative estimate of drug-likeness (QED) is 0.478. The average Bonchev–Trinajstić information content (AvgIpc) is 3.22. The fourth-order valence-corrected chi connectivity index (χ4v) is 3.97. The molecular weight excluding hydrogens is 439 g/mol. The van der Waals surface area contributed by atoms with Gasteiger partial charge in [-0.25, -0.2) is 9.37 Å². The molecule has 0 aliphatic heterocycles. The molecule has 1 aromatic carbocycles. The summed E-state index contributed by atoms with van der Waals surface area (Å²) >= 11 is 7.34. The van der Waals surface area contributed by atoms with E-state index in [1.54, 1.807) is 6.07 Å². The molecule has 2 N–H and O–H groups in total. The molecule has 1 aliphatic carbocycles. The molecule has 31 heavy (non-hydrogen) atoms. The number of hydrogen-bond acceptors (Lipinski definition) is 6. The van der Waals surface area contributed by atoms with Gasteiger partial charge in [0.15, 0.2) is 0 Å². The first-order valence-electron chi connectivity index (χ1n) is 9.79. The Bertz CT molecular complexity index is 1210. The van der Waals surface area contributed by atoms with E-state index in [0.29, 0.717) is 29.7 Å². The van der Waals surface area contributed by atoms with Gasteiger partial charge in [-0.15, -0.1) is 11.3 Å². The van der Waals surface area contributed by atoms with Crippen LogP contribution < -0.4 is 15.4 Å². The number of ether oxygens (including phenoxy) is 1.